The van der Waals surface area contributed by atoms with E-state index in [4.69, 9.17) is 0 Å². The second-order valence-corrected chi connectivity index (χ2v) is 4.64. The minimum absolute atomic E-state index is 0.0183. The zero-order valence-electron chi connectivity index (χ0n) is 12.4. The summed E-state index contributed by atoms with van der Waals surface area (Å²) in [5.41, 5.74) is -2.49. The van der Waals surface area contributed by atoms with Crippen molar-refractivity contribution in [2.24, 2.45) is 0 Å². The SMILES string of the molecule is CCOC(=O)[C@@](NC(C)=O)(Nc1ccc(C)cc1)C(F)(F)F. The monoisotopic (exact) mass is 318 g/mol. The van der Waals surface area contributed by atoms with Gasteiger partial charge in [-0.05, 0) is 26.0 Å². The van der Waals surface area contributed by atoms with Crippen LogP contribution in [0.15, 0.2) is 24.3 Å². The van der Waals surface area contributed by atoms with Gasteiger partial charge in [0.15, 0.2) is 0 Å². The van der Waals surface area contributed by atoms with Gasteiger partial charge >= 0.3 is 17.8 Å². The van der Waals surface area contributed by atoms with Crippen LogP contribution in [0.2, 0.25) is 0 Å². The Hall–Kier alpha value is -2.25. The zero-order chi connectivity index (χ0) is 17.0. The van der Waals surface area contributed by atoms with Crippen LogP contribution in [0.3, 0.4) is 0 Å². The number of aryl methyl sites for hydroxylation is 1. The fraction of sp³-hybridized carbons (Fsp3) is 0.429. The maximum Gasteiger partial charge on any atom is 0.441 e. The molecule has 0 aliphatic carbocycles. The van der Waals surface area contributed by atoms with Crippen molar-refractivity contribution in [3.05, 3.63) is 29.8 Å². The molecule has 0 aromatic heterocycles. The molecule has 1 aromatic carbocycles. The van der Waals surface area contributed by atoms with E-state index in [-0.39, 0.29) is 12.3 Å². The molecular weight excluding hydrogens is 301 g/mol. The predicted molar refractivity (Wildman–Crippen MR) is 74.0 cm³/mol. The number of benzene rings is 1. The van der Waals surface area contributed by atoms with E-state index in [0.29, 0.717) is 0 Å². The van der Waals surface area contributed by atoms with E-state index in [1.54, 1.807) is 24.4 Å². The fourth-order valence-corrected chi connectivity index (χ4v) is 1.75. The number of amides is 1. The maximum atomic E-state index is 13.5. The standard InChI is InChI=1S/C14H17F3N2O3/c1-4-22-12(21)13(14(15,16)17,18-10(3)20)19-11-7-5-9(2)6-8-11/h5-8,19H,4H2,1-3H3,(H,18,20)/t13-/m1/s1. The van der Waals surface area contributed by atoms with E-state index in [1.165, 1.54) is 19.1 Å². The summed E-state index contributed by atoms with van der Waals surface area (Å²) in [6, 6.07) is 5.89. The summed E-state index contributed by atoms with van der Waals surface area (Å²) in [5.74, 6) is -2.65. The van der Waals surface area contributed by atoms with Gasteiger partial charge in [0.1, 0.15) is 0 Å². The molecule has 22 heavy (non-hydrogen) atoms. The van der Waals surface area contributed by atoms with E-state index in [1.807, 2.05) is 5.32 Å². The first-order valence-electron chi connectivity index (χ1n) is 6.50. The van der Waals surface area contributed by atoms with Crippen molar-refractivity contribution in [1.29, 1.82) is 0 Å². The smallest absolute Gasteiger partial charge is 0.441 e. The first kappa shape index (κ1) is 17.8. The van der Waals surface area contributed by atoms with Crippen molar-refractivity contribution in [3.63, 3.8) is 0 Å². The number of alkyl halides is 3. The topological polar surface area (TPSA) is 67.4 Å². The highest BCUT2D eigenvalue weighted by Gasteiger charge is 2.63. The fourth-order valence-electron chi connectivity index (χ4n) is 1.75. The molecule has 5 nitrogen and oxygen atoms in total. The lowest BCUT2D eigenvalue weighted by molar-refractivity contribution is -0.207. The van der Waals surface area contributed by atoms with Crippen LogP contribution >= 0.6 is 0 Å². The molecule has 2 N–H and O–H groups in total. The number of carbonyl (C=O) groups is 2. The number of nitrogens with one attached hydrogen (secondary N) is 2. The van der Waals surface area contributed by atoms with Gasteiger partial charge in [0.05, 0.1) is 6.61 Å². The Bertz CT molecular complexity index is 543. The van der Waals surface area contributed by atoms with Gasteiger partial charge < -0.3 is 15.4 Å². The number of ether oxygens (including phenoxy) is 1. The molecule has 0 fully saturated rings. The van der Waals surface area contributed by atoms with Crippen molar-refractivity contribution in [2.75, 3.05) is 11.9 Å². The lowest BCUT2D eigenvalue weighted by Crippen LogP contribution is -2.69. The Labute approximate surface area is 125 Å². The molecule has 0 aliphatic heterocycles. The van der Waals surface area contributed by atoms with Crippen LogP contribution in [0.1, 0.15) is 19.4 Å². The largest absolute Gasteiger partial charge is 0.463 e. The van der Waals surface area contributed by atoms with Gasteiger partial charge in [-0.15, -0.1) is 0 Å². The molecular formula is C14H17F3N2O3. The van der Waals surface area contributed by atoms with Gasteiger partial charge in [-0.3, -0.25) is 4.79 Å². The van der Waals surface area contributed by atoms with Crippen molar-refractivity contribution in [2.45, 2.75) is 32.6 Å². The third kappa shape index (κ3) is 3.90. The highest BCUT2D eigenvalue weighted by atomic mass is 19.4. The molecule has 0 unspecified atom stereocenters. The average molecular weight is 318 g/mol. The van der Waals surface area contributed by atoms with Gasteiger partial charge in [-0.1, -0.05) is 17.7 Å². The van der Waals surface area contributed by atoms with Crippen LogP contribution in [0.4, 0.5) is 18.9 Å². The third-order valence-electron chi connectivity index (χ3n) is 2.75. The normalized spacial score (nSPS) is 13.9. The zero-order valence-corrected chi connectivity index (χ0v) is 12.4. The molecule has 0 heterocycles. The van der Waals surface area contributed by atoms with Crippen molar-refractivity contribution in [1.82, 2.24) is 5.32 Å². The Morgan fingerprint density at radius 1 is 1.18 bits per heavy atom. The molecule has 0 bridgehead atoms. The lowest BCUT2D eigenvalue weighted by Gasteiger charge is -2.35. The number of rotatable bonds is 5. The second-order valence-electron chi connectivity index (χ2n) is 4.64. The van der Waals surface area contributed by atoms with Crippen LogP contribution in [0, 0.1) is 6.92 Å². The van der Waals surface area contributed by atoms with E-state index in [0.717, 1.165) is 12.5 Å². The molecule has 1 rings (SSSR count). The van der Waals surface area contributed by atoms with E-state index >= 15 is 0 Å². The molecule has 0 aliphatic rings. The van der Waals surface area contributed by atoms with Gasteiger partial charge in [0.25, 0.3) is 0 Å². The van der Waals surface area contributed by atoms with Crippen LogP contribution in [-0.2, 0) is 14.3 Å². The van der Waals surface area contributed by atoms with Crippen molar-refractivity contribution < 1.29 is 27.5 Å². The van der Waals surface area contributed by atoms with Gasteiger partial charge in [-0.2, -0.15) is 13.2 Å². The van der Waals surface area contributed by atoms with E-state index in [9.17, 15) is 22.8 Å². The first-order chi connectivity index (χ1) is 10.1. The summed E-state index contributed by atoms with van der Waals surface area (Å²) < 4.78 is 45.0. The Kier molecular flexibility index (Phi) is 5.40. The second kappa shape index (κ2) is 6.67. The molecule has 1 aromatic rings. The molecule has 1 atom stereocenters. The van der Waals surface area contributed by atoms with Crippen molar-refractivity contribution in [3.8, 4) is 0 Å². The summed E-state index contributed by atoms with van der Waals surface area (Å²) in [6.45, 7) is 3.76. The highest BCUT2D eigenvalue weighted by Crippen LogP contribution is 2.33. The minimum Gasteiger partial charge on any atom is -0.463 e. The summed E-state index contributed by atoms with van der Waals surface area (Å²) >= 11 is 0. The van der Waals surface area contributed by atoms with Gasteiger partial charge in [-0.25, -0.2) is 4.79 Å². The summed E-state index contributed by atoms with van der Waals surface area (Å²) in [7, 11) is 0. The van der Waals surface area contributed by atoms with Crippen molar-refractivity contribution >= 4 is 17.6 Å². The molecule has 0 saturated heterocycles. The quantitative estimate of drug-likeness (QED) is 0.646. The van der Waals surface area contributed by atoms with E-state index in [2.05, 4.69) is 4.74 Å². The lowest BCUT2D eigenvalue weighted by atomic mass is 10.1. The summed E-state index contributed by atoms with van der Waals surface area (Å²) in [4.78, 5) is 23.1. The number of hydrogen-bond donors (Lipinski definition) is 2. The first-order valence-corrected chi connectivity index (χ1v) is 6.50. The Morgan fingerprint density at radius 3 is 2.14 bits per heavy atom. The Balaban J connectivity index is 3.31. The number of carbonyl (C=O) groups excluding carboxylic acids is 2. The van der Waals surface area contributed by atoms with E-state index < -0.39 is 23.7 Å². The summed E-state index contributed by atoms with van der Waals surface area (Å²) in [6.07, 6.45) is -5.10. The molecule has 1 amide bonds. The number of hydrogen-bond acceptors (Lipinski definition) is 4. The number of esters is 1. The van der Waals surface area contributed by atoms with Gasteiger partial charge in [0, 0.05) is 12.6 Å². The Morgan fingerprint density at radius 2 is 1.73 bits per heavy atom. The maximum absolute atomic E-state index is 13.5. The van der Waals surface area contributed by atoms with Crippen LogP contribution in [0.25, 0.3) is 0 Å². The minimum atomic E-state index is -5.10. The number of halogens is 3. The highest BCUT2D eigenvalue weighted by molar-refractivity contribution is 5.90. The van der Waals surface area contributed by atoms with Crippen LogP contribution < -0.4 is 10.6 Å². The van der Waals surface area contributed by atoms with Crippen LogP contribution in [0.5, 0.6) is 0 Å². The van der Waals surface area contributed by atoms with Crippen LogP contribution in [-0.4, -0.2) is 30.3 Å². The molecule has 0 spiro atoms. The molecule has 0 saturated carbocycles. The molecule has 8 heteroatoms. The average Bonchev–Trinajstić information content (AvgIpc) is 2.39. The number of anilines is 1. The molecule has 122 valence electrons. The summed E-state index contributed by atoms with van der Waals surface area (Å²) in [5, 5.41) is 3.68. The molecule has 0 radical (unpaired) electrons. The third-order valence-corrected chi connectivity index (χ3v) is 2.75. The predicted octanol–water partition coefficient (Wildman–Crippen LogP) is 2.36. The van der Waals surface area contributed by atoms with Gasteiger partial charge in [0.2, 0.25) is 5.91 Å².